The van der Waals surface area contributed by atoms with E-state index in [2.05, 4.69) is 37.9 Å². The summed E-state index contributed by atoms with van der Waals surface area (Å²) in [6.07, 6.45) is 45.7. The molecular formula is C48H94N2O3. The summed E-state index contributed by atoms with van der Waals surface area (Å²) in [5, 5.41) is 3.23. The Morgan fingerprint density at radius 3 is 1.32 bits per heavy atom. The Morgan fingerprint density at radius 2 is 0.925 bits per heavy atom. The van der Waals surface area contributed by atoms with Crippen LogP contribution < -0.4 is 5.32 Å². The van der Waals surface area contributed by atoms with Gasteiger partial charge in [-0.1, -0.05) is 227 Å². The van der Waals surface area contributed by atoms with Crippen LogP contribution in [0.5, 0.6) is 0 Å². The van der Waals surface area contributed by atoms with Crippen molar-refractivity contribution in [1.82, 2.24) is 10.2 Å². The fourth-order valence-electron chi connectivity index (χ4n) is 8.49. The van der Waals surface area contributed by atoms with Crippen LogP contribution in [0.25, 0.3) is 0 Å². The molecule has 314 valence electrons. The molecular weight excluding hydrogens is 653 g/mol. The van der Waals surface area contributed by atoms with Gasteiger partial charge in [-0.15, -0.1) is 0 Å². The van der Waals surface area contributed by atoms with Gasteiger partial charge in [0, 0.05) is 26.1 Å². The van der Waals surface area contributed by atoms with Gasteiger partial charge in [0.2, 0.25) is 5.91 Å². The lowest BCUT2D eigenvalue weighted by Crippen LogP contribution is -2.54. The summed E-state index contributed by atoms with van der Waals surface area (Å²) in [5.41, 5.74) is 0. The SMILES string of the molecule is CCCCCCCCCCCCCCCCCCNC(=O)C(COC(=O)CCCCCCCCCCCCCCCCCC)N1CC(C)CC(CC)C1. The van der Waals surface area contributed by atoms with Gasteiger partial charge in [0.15, 0.2) is 0 Å². The number of nitrogens with zero attached hydrogens (tertiary/aromatic N) is 1. The largest absolute Gasteiger partial charge is 0.463 e. The molecule has 1 aliphatic rings. The van der Waals surface area contributed by atoms with E-state index in [0.717, 1.165) is 45.3 Å². The van der Waals surface area contributed by atoms with Crippen LogP contribution in [0.3, 0.4) is 0 Å². The molecule has 5 heteroatoms. The van der Waals surface area contributed by atoms with Crippen molar-refractivity contribution in [2.45, 2.75) is 258 Å². The zero-order valence-corrected chi connectivity index (χ0v) is 36.5. The van der Waals surface area contributed by atoms with E-state index in [4.69, 9.17) is 4.74 Å². The lowest BCUT2D eigenvalue weighted by molar-refractivity contribution is -0.148. The zero-order valence-electron chi connectivity index (χ0n) is 36.5. The first-order valence-corrected chi connectivity index (χ1v) is 24.2. The highest BCUT2D eigenvalue weighted by atomic mass is 16.5. The van der Waals surface area contributed by atoms with Gasteiger partial charge in [-0.05, 0) is 31.1 Å². The van der Waals surface area contributed by atoms with Gasteiger partial charge in [-0.2, -0.15) is 0 Å². The quantitative estimate of drug-likeness (QED) is 0.0503. The van der Waals surface area contributed by atoms with Crippen LogP contribution in [0, 0.1) is 11.8 Å². The van der Waals surface area contributed by atoms with Gasteiger partial charge in [0.05, 0.1) is 0 Å². The standard InChI is InChI=1S/C48H94N2O3/c1-5-8-10-12-14-16-18-20-22-24-26-28-30-32-34-36-38-47(51)53-43-46(50-41-44(4)40-45(7-3)42-50)48(52)49-39-37-35-33-31-29-27-25-23-21-19-17-15-13-11-9-6-2/h44-46H,5-43H2,1-4H3,(H,49,52). The van der Waals surface area contributed by atoms with Crippen LogP contribution in [-0.2, 0) is 14.3 Å². The molecule has 0 aromatic rings. The van der Waals surface area contributed by atoms with Gasteiger partial charge < -0.3 is 10.1 Å². The lowest BCUT2D eigenvalue weighted by atomic mass is 9.88. The molecule has 0 radical (unpaired) electrons. The summed E-state index contributed by atoms with van der Waals surface area (Å²) < 4.78 is 5.80. The molecule has 0 saturated carbocycles. The van der Waals surface area contributed by atoms with E-state index >= 15 is 0 Å². The summed E-state index contributed by atoms with van der Waals surface area (Å²) in [7, 11) is 0. The molecule has 1 N–H and O–H groups in total. The first-order chi connectivity index (χ1) is 26.0. The van der Waals surface area contributed by atoms with Crippen molar-refractivity contribution in [2.75, 3.05) is 26.2 Å². The maximum absolute atomic E-state index is 13.5. The molecule has 0 bridgehead atoms. The van der Waals surface area contributed by atoms with E-state index in [1.807, 2.05) is 0 Å². The molecule has 5 nitrogen and oxygen atoms in total. The molecule has 1 fully saturated rings. The minimum atomic E-state index is -0.373. The van der Waals surface area contributed by atoms with Crippen LogP contribution in [0.4, 0.5) is 0 Å². The van der Waals surface area contributed by atoms with Crippen LogP contribution in [0.2, 0.25) is 0 Å². The van der Waals surface area contributed by atoms with E-state index in [0.29, 0.717) is 18.3 Å². The van der Waals surface area contributed by atoms with Gasteiger partial charge in [-0.3, -0.25) is 14.5 Å². The average molecular weight is 747 g/mol. The maximum Gasteiger partial charge on any atom is 0.305 e. The number of unbranched alkanes of at least 4 members (excludes halogenated alkanes) is 30. The Balaban J connectivity index is 2.17. The number of rotatable bonds is 39. The smallest absolute Gasteiger partial charge is 0.305 e. The molecule has 3 atom stereocenters. The second-order valence-corrected chi connectivity index (χ2v) is 17.4. The van der Waals surface area contributed by atoms with Crippen LogP contribution >= 0.6 is 0 Å². The maximum atomic E-state index is 13.5. The second-order valence-electron chi connectivity index (χ2n) is 17.4. The Morgan fingerprint density at radius 1 is 0.547 bits per heavy atom. The van der Waals surface area contributed by atoms with E-state index in [1.54, 1.807) is 0 Å². The summed E-state index contributed by atoms with van der Waals surface area (Å²) >= 11 is 0. The number of amides is 1. The number of piperidine rings is 1. The molecule has 1 saturated heterocycles. The highest BCUT2D eigenvalue weighted by molar-refractivity contribution is 5.82. The average Bonchev–Trinajstić information content (AvgIpc) is 3.15. The summed E-state index contributed by atoms with van der Waals surface area (Å²) in [5.74, 6) is 1.08. The Hall–Kier alpha value is -1.10. The third kappa shape index (κ3) is 30.8. The number of esters is 1. The van der Waals surface area contributed by atoms with E-state index in [9.17, 15) is 9.59 Å². The van der Waals surface area contributed by atoms with Crippen molar-refractivity contribution in [3.63, 3.8) is 0 Å². The number of carbonyl (C=O) groups excluding carboxylic acids is 2. The summed E-state index contributed by atoms with van der Waals surface area (Å²) in [6.45, 7) is 11.9. The minimum absolute atomic E-state index is 0.0464. The van der Waals surface area contributed by atoms with Crippen molar-refractivity contribution in [1.29, 1.82) is 0 Å². The number of carbonyl (C=O) groups is 2. The van der Waals surface area contributed by atoms with Crippen molar-refractivity contribution in [3.05, 3.63) is 0 Å². The normalized spacial score (nSPS) is 16.9. The number of ether oxygens (including phenoxy) is 1. The summed E-state index contributed by atoms with van der Waals surface area (Å²) in [4.78, 5) is 28.5. The van der Waals surface area contributed by atoms with E-state index in [1.165, 1.54) is 193 Å². The third-order valence-electron chi connectivity index (χ3n) is 12.1. The Bertz CT molecular complexity index is 804. The fraction of sp³-hybridized carbons (Fsp3) is 0.958. The molecule has 0 aliphatic carbocycles. The molecule has 0 spiro atoms. The molecule has 1 amide bonds. The second kappa shape index (κ2) is 37.8. The molecule has 3 unspecified atom stereocenters. The fourth-order valence-corrected chi connectivity index (χ4v) is 8.49. The minimum Gasteiger partial charge on any atom is -0.463 e. The summed E-state index contributed by atoms with van der Waals surface area (Å²) in [6, 6.07) is -0.373. The van der Waals surface area contributed by atoms with Crippen LogP contribution in [0.1, 0.15) is 252 Å². The van der Waals surface area contributed by atoms with Crippen LogP contribution in [-0.4, -0.2) is 49.1 Å². The first-order valence-electron chi connectivity index (χ1n) is 24.2. The Kier molecular flexibility index (Phi) is 35.6. The third-order valence-corrected chi connectivity index (χ3v) is 12.1. The Labute approximate surface area is 332 Å². The molecule has 1 heterocycles. The van der Waals surface area contributed by atoms with Crippen molar-refractivity contribution in [3.8, 4) is 0 Å². The predicted molar refractivity (Wildman–Crippen MR) is 231 cm³/mol. The van der Waals surface area contributed by atoms with E-state index < -0.39 is 0 Å². The number of hydrogen-bond donors (Lipinski definition) is 1. The highest BCUT2D eigenvalue weighted by Gasteiger charge is 2.33. The van der Waals surface area contributed by atoms with Gasteiger partial charge in [-0.25, -0.2) is 0 Å². The first kappa shape index (κ1) is 49.9. The van der Waals surface area contributed by atoms with Gasteiger partial charge >= 0.3 is 5.97 Å². The number of nitrogens with one attached hydrogen (secondary N) is 1. The van der Waals surface area contributed by atoms with Gasteiger partial charge in [0.25, 0.3) is 0 Å². The topological polar surface area (TPSA) is 58.6 Å². The van der Waals surface area contributed by atoms with Crippen molar-refractivity contribution < 1.29 is 14.3 Å². The number of likely N-dealkylation sites (tertiary alicyclic amines) is 1. The molecule has 0 aromatic carbocycles. The zero-order chi connectivity index (χ0) is 38.5. The molecule has 1 aliphatic heterocycles. The monoisotopic (exact) mass is 747 g/mol. The predicted octanol–water partition coefficient (Wildman–Crippen LogP) is 14.3. The van der Waals surface area contributed by atoms with Gasteiger partial charge in [0.1, 0.15) is 12.6 Å². The number of hydrogen-bond acceptors (Lipinski definition) is 4. The highest BCUT2D eigenvalue weighted by Crippen LogP contribution is 2.26. The lowest BCUT2D eigenvalue weighted by Gasteiger charge is -2.40. The van der Waals surface area contributed by atoms with Crippen molar-refractivity contribution in [2.24, 2.45) is 11.8 Å². The molecule has 53 heavy (non-hydrogen) atoms. The molecule has 0 aromatic heterocycles. The van der Waals surface area contributed by atoms with Crippen molar-refractivity contribution >= 4 is 11.9 Å². The van der Waals surface area contributed by atoms with Crippen LogP contribution in [0.15, 0.2) is 0 Å². The molecule has 1 rings (SSSR count). The van der Waals surface area contributed by atoms with E-state index in [-0.39, 0.29) is 24.5 Å².